The summed E-state index contributed by atoms with van der Waals surface area (Å²) in [5.74, 6) is 0.572. The van der Waals surface area contributed by atoms with Crippen molar-refractivity contribution in [1.82, 2.24) is 5.32 Å². The van der Waals surface area contributed by atoms with Gasteiger partial charge in [-0.05, 0) is 50.8 Å². The number of benzene rings is 1. The predicted molar refractivity (Wildman–Crippen MR) is 71.0 cm³/mol. The van der Waals surface area contributed by atoms with E-state index in [1.165, 1.54) is 43.9 Å². The monoisotopic (exact) mass is 251 g/mol. The highest BCUT2D eigenvalue weighted by Gasteiger charge is 2.23. The molecule has 2 nitrogen and oxygen atoms in total. The van der Waals surface area contributed by atoms with E-state index in [4.69, 9.17) is 0 Å². The fourth-order valence-electron chi connectivity index (χ4n) is 2.95. The van der Waals surface area contributed by atoms with Crippen molar-refractivity contribution in [3.63, 3.8) is 0 Å². The van der Waals surface area contributed by atoms with Gasteiger partial charge in [0, 0.05) is 17.6 Å². The first kappa shape index (κ1) is 13.3. The van der Waals surface area contributed by atoms with Crippen LogP contribution in [0.5, 0.6) is 5.75 Å². The van der Waals surface area contributed by atoms with Gasteiger partial charge in [0.1, 0.15) is 11.6 Å². The Hall–Kier alpha value is -1.09. The van der Waals surface area contributed by atoms with E-state index in [2.05, 4.69) is 12.2 Å². The number of hydrogen-bond donors (Lipinski definition) is 2. The summed E-state index contributed by atoms with van der Waals surface area (Å²) >= 11 is 0. The molecule has 0 aliphatic heterocycles. The van der Waals surface area contributed by atoms with Crippen LogP contribution in [-0.2, 0) is 0 Å². The number of rotatable bonds is 4. The Balaban J connectivity index is 2.02. The Kier molecular flexibility index (Phi) is 4.23. The highest BCUT2D eigenvalue weighted by molar-refractivity contribution is 5.34. The zero-order chi connectivity index (χ0) is 13.1. The van der Waals surface area contributed by atoms with Crippen LogP contribution in [-0.4, -0.2) is 11.1 Å². The maximum absolute atomic E-state index is 13.2. The van der Waals surface area contributed by atoms with E-state index in [9.17, 15) is 9.50 Å². The van der Waals surface area contributed by atoms with Gasteiger partial charge in [-0.1, -0.05) is 12.8 Å². The molecule has 2 rings (SSSR count). The summed E-state index contributed by atoms with van der Waals surface area (Å²) in [7, 11) is 0. The van der Waals surface area contributed by atoms with Crippen LogP contribution in [0.3, 0.4) is 0 Å². The van der Waals surface area contributed by atoms with E-state index in [-0.39, 0.29) is 17.6 Å². The Labute approximate surface area is 108 Å². The van der Waals surface area contributed by atoms with E-state index in [0.29, 0.717) is 17.5 Å². The molecule has 2 N–H and O–H groups in total. The van der Waals surface area contributed by atoms with Crippen molar-refractivity contribution in [3.8, 4) is 5.75 Å². The molecule has 0 saturated heterocycles. The van der Waals surface area contributed by atoms with Crippen molar-refractivity contribution in [2.75, 3.05) is 0 Å². The first-order valence-corrected chi connectivity index (χ1v) is 6.82. The van der Waals surface area contributed by atoms with Crippen LogP contribution >= 0.6 is 0 Å². The van der Waals surface area contributed by atoms with Gasteiger partial charge >= 0.3 is 0 Å². The number of halogens is 1. The molecular formula is C15H22FNO. The third-order valence-corrected chi connectivity index (χ3v) is 4.08. The summed E-state index contributed by atoms with van der Waals surface area (Å²) in [5, 5.41) is 13.3. The maximum Gasteiger partial charge on any atom is 0.123 e. The van der Waals surface area contributed by atoms with E-state index in [1.54, 1.807) is 0 Å². The number of nitrogens with one attached hydrogen (secondary N) is 1. The normalized spacial score (nSPS) is 19.9. The minimum Gasteiger partial charge on any atom is -0.508 e. The SMILES string of the molecule is CC(N[C@@H](C)C1CCCC1)c1cc(F)ccc1O. The molecule has 1 aromatic rings. The highest BCUT2D eigenvalue weighted by atomic mass is 19.1. The molecule has 1 unspecified atom stereocenters. The van der Waals surface area contributed by atoms with E-state index in [1.807, 2.05) is 6.92 Å². The molecule has 100 valence electrons. The molecule has 0 spiro atoms. The highest BCUT2D eigenvalue weighted by Crippen LogP contribution is 2.30. The molecule has 0 radical (unpaired) electrons. The number of phenols is 1. The smallest absolute Gasteiger partial charge is 0.123 e. The fraction of sp³-hybridized carbons (Fsp3) is 0.600. The van der Waals surface area contributed by atoms with Gasteiger partial charge in [-0.25, -0.2) is 4.39 Å². The summed E-state index contributed by atoms with van der Waals surface area (Å²) in [6.07, 6.45) is 5.18. The predicted octanol–water partition coefficient (Wildman–Crippen LogP) is 3.76. The maximum atomic E-state index is 13.2. The van der Waals surface area contributed by atoms with Gasteiger partial charge in [0.15, 0.2) is 0 Å². The molecule has 1 saturated carbocycles. The summed E-state index contributed by atoms with van der Waals surface area (Å²) in [6, 6.07) is 4.49. The Morgan fingerprint density at radius 2 is 1.94 bits per heavy atom. The van der Waals surface area contributed by atoms with Crippen LogP contribution in [0, 0.1) is 11.7 Å². The second-order valence-corrected chi connectivity index (χ2v) is 5.42. The summed E-state index contributed by atoms with van der Waals surface area (Å²) in [6.45, 7) is 4.16. The Morgan fingerprint density at radius 3 is 2.61 bits per heavy atom. The molecule has 0 aromatic heterocycles. The summed E-state index contributed by atoms with van der Waals surface area (Å²) in [5.41, 5.74) is 0.639. The lowest BCUT2D eigenvalue weighted by Gasteiger charge is -2.25. The molecular weight excluding hydrogens is 229 g/mol. The number of hydrogen-bond acceptors (Lipinski definition) is 2. The Bertz CT molecular complexity index is 401. The van der Waals surface area contributed by atoms with Crippen LogP contribution in [0.2, 0.25) is 0 Å². The molecule has 1 fully saturated rings. The van der Waals surface area contributed by atoms with Crippen molar-refractivity contribution in [3.05, 3.63) is 29.6 Å². The van der Waals surface area contributed by atoms with Gasteiger partial charge in [0.25, 0.3) is 0 Å². The largest absolute Gasteiger partial charge is 0.508 e. The molecule has 1 aliphatic rings. The molecule has 1 aliphatic carbocycles. The summed E-state index contributed by atoms with van der Waals surface area (Å²) < 4.78 is 13.2. The molecule has 2 atom stereocenters. The van der Waals surface area contributed by atoms with E-state index < -0.39 is 0 Å². The molecule has 0 bridgehead atoms. The lowest BCUT2D eigenvalue weighted by Crippen LogP contribution is -2.34. The second-order valence-electron chi connectivity index (χ2n) is 5.42. The van der Waals surface area contributed by atoms with Crippen LogP contribution < -0.4 is 5.32 Å². The minimum absolute atomic E-state index is 0.0312. The fourth-order valence-corrected chi connectivity index (χ4v) is 2.95. The molecule has 3 heteroatoms. The van der Waals surface area contributed by atoms with Crippen molar-refractivity contribution in [2.45, 2.75) is 51.6 Å². The third-order valence-electron chi connectivity index (χ3n) is 4.08. The zero-order valence-electron chi connectivity index (χ0n) is 11.1. The van der Waals surface area contributed by atoms with E-state index >= 15 is 0 Å². The molecule has 0 heterocycles. The lowest BCUT2D eigenvalue weighted by atomic mass is 9.97. The van der Waals surface area contributed by atoms with Crippen molar-refractivity contribution < 1.29 is 9.50 Å². The molecule has 0 amide bonds. The van der Waals surface area contributed by atoms with Gasteiger partial charge in [-0.15, -0.1) is 0 Å². The van der Waals surface area contributed by atoms with Gasteiger partial charge < -0.3 is 10.4 Å². The van der Waals surface area contributed by atoms with Gasteiger partial charge in [-0.3, -0.25) is 0 Å². The lowest BCUT2D eigenvalue weighted by molar-refractivity contribution is 0.346. The van der Waals surface area contributed by atoms with Crippen LogP contribution in [0.25, 0.3) is 0 Å². The van der Waals surface area contributed by atoms with Gasteiger partial charge in [0.05, 0.1) is 0 Å². The standard InChI is InChI=1S/C15H22FNO/c1-10(12-5-3-4-6-12)17-11(2)14-9-13(16)7-8-15(14)18/h7-12,17-18H,3-6H2,1-2H3/t10-,11?/m0/s1. The van der Waals surface area contributed by atoms with Crippen LogP contribution in [0.4, 0.5) is 4.39 Å². The topological polar surface area (TPSA) is 32.3 Å². The first-order valence-electron chi connectivity index (χ1n) is 6.82. The van der Waals surface area contributed by atoms with Gasteiger partial charge in [-0.2, -0.15) is 0 Å². The average Bonchev–Trinajstić information content (AvgIpc) is 2.85. The van der Waals surface area contributed by atoms with Gasteiger partial charge in [0.2, 0.25) is 0 Å². The van der Waals surface area contributed by atoms with Crippen molar-refractivity contribution in [1.29, 1.82) is 0 Å². The molecule has 1 aromatic carbocycles. The van der Waals surface area contributed by atoms with E-state index in [0.717, 1.165) is 0 Å². The first-order chi connectivity index (χ1) is 8.58. The molecule has 18 heavy (non-hydrogen) atoms. The van der Waals surface area contributed by atoms with Crippen molar-refractivity contribution in [2.24, 2.45) is 5.92 Å². The number of phenolic OH excluding ortho intramolecular Hbond substituents is 1. The summed E-state index contributed by atoms with van der Waals surface area (Å²) in [4.78, 5) is 0. The van der Waals surface area contributed by atoms with Crippen LogP contribution in [0.1, 0.15) is 51.1 Å². The zero-order valence-corrected chi connectivity index (χ0v) is 11.1. The Morgan fingerprint density at radius 1 is 1.28 bits per heavy atom. The average molecular weight is 251 g/mol. The minimum atomic E-state index is -0.301. The number of aromatic hydroxyl groups is 1. The van der Waals surface area contributed by atoms with Crippen molar-refractivity contribution >= 4 is 0 Å². The second kappa shape index (κ2) is 5.70. The van der Waals surface area contributed by atoms with Crippen LogP contribution in [0.15, 0.2) is 18.2 Å². The quantitative estimate of drug-likeness (QED) is 0.854. The third kappa shape index (κ3) is 3.02.